The van der Waals surface area contributed by atoms with Crippen LogP contribution >= 0.6 is 0 Å². The van der Waals surface area contributed by atoms with Crippen LogP contribution in [0.1, 0.15) is 20.8 Å². The van der Waals surface area contributed by atoms with Crippen LogP contribution in [0.25, 0.3) is 0 Å². The maximum absolute atomic E-state index is 13.9. The van der Waals surface area contributed by atoms with E-state index in [9.17, 15) is 13.8 Å². The van der Waals surface area contributed by atoms with Crippen molar-refractivity contribution in [1.82, 2.24) is 5.32 Å². The molecule has 1 aliphatic heterocycles. The maximum Gasteiger partial charge on any atom is 0.407 e. The summed E-state index contributed by atoms with van der Waals surface area (Å²) in [6.45, 7) is 5.71. The van der Waals surface area contributed by atoms with Crippen LogP contribution in [-0.4, -0.2) is 47.8 Å². The Morgan fingerprint density at radius 1 is 1.31 bits per heavy atom. The van der Waals surface area contributed by atoms with E-state index in [4.69, 9.17) is 9.47 Å². The quantitative estimate of drug-likeness (QED) is 0.790. The molecule has 1 amide bonds. The number of hydrogen-bond donors (Lipinski definition) is 1. The molecule has 5 atom stereocenters. The number of carbonyl (C=O) groups is 2. The van der Waals surface area contributed by atoms with E-state index in [-0.39, 0.29) is 11.8 Å². The molecule has 0 aromatic heterocycles. The number of cyclic esters (lactones) is 1. The number of carbonyl (C=O) groups excluding carboxylic acids is 2. The number of alkyl carbamates (subject to hydrolysis) is 1. The van der Waals surface area contributed by atoms with Crippen LogP contribution in [0.5, 0.6) is 0 Å². The molecule has 1 aliphatic rings. The second-order valence-corrected chi connectivity index (χ2v) is 9.09. The summed E-state index contributed by atoms with van der Waals surface area (Å²) in [5.74, 6) is -0.836. The molecule has 0 aliphatic carbocycles. The zero-order valence-corrected chi connectivity index (χ0v) is 16.5. The maximum atomic E-state index is 13.9. The van der Waals surface area contributed by atoms with Crippen molar-refractivity contribution in [3.8, 4) is 0 Å². The number of ether oxygens (including phenoxy) is 2. The molecule has 0 spiro atoms. The highest BCUT2D eigenvalue weighted by molar-refractivity contribution is 7.95. The molecule has 0 saturated carbocycles. The van der Waals surface area contributed by atoms with E-state index < -0.39 is 39.2 Å². The zero-order valence-electron chi connectivity index (χ0n) is 15.7. The molecule has 0 radical (unpaired) electrons. The largest absolute Gasteiger partial charge is 0.468 e. The van der Waals surface area contributed by atoms with E-state index >= 15 is 0 Å². The van der Waals surface area contributed by atoms with E-state index in [2.05, 4.69) is 9.68 Å². The number of rotatable bonds is 5. The van der Waals surface area contributed by atoms with Crippen LogP contribution in [0.3, 0.4) is 0 Å². The molecule has 1 saturated heterocycles. The van der Waals surface area contributed by atoms with Gasteiger partial charge in [0.15, 0.2) is 5.25 Å². The summed E-state index contributed by atoms with van der Waals surface area (Å²) in [7, 11) is -0.533. The lowest BCUT2D eigenvalue weighted by Gasteiger charge is -2.42. The van der Waals surface area contributed by atoms with Crippen LogP contribution in [0, 0.1) is 11.8 Å². The number of amides is 1. The summed E-state index contributed by atoms with van der Waals surface area (Å²) < 4.78 is 28.2. The van der Waals surface area contributed by atoms with Gasteiger partial charge in [-0.25, -0.2) is 13.4 Å². The van der Waals surface area contributed by atoms with Crippen molar-refractivity contribution in [3.63, 3.8) is 0 Å². The predicted molar refractivity (Wildman–Crippen MR) is 98.2 cm³/mol. The molecule has 1 N–H and O–H groups in total. The van der Waals surface area contributed by atoms with E-state index in [1.165, 1.54) is 14.2 Å². The average Bonchev–Trinajstić information content (AvgIpc) is 2.61. The van der Waals surface area contributed by atoms with Gasteiger partial charge in [0.25, 0.3) is 0 Å². The number of nitrogens with zero attached hydrogens (tertiary/aromatic N) is 1. The summed E-state index contributed by atoms with van der Waals surface area (Å²) in [6.07, 6.45) is -1.07. The summed E-state index contributed by atoms with van der Waals surface area (Å²) in [4.78, 5) is 25.2. The fourth-order valence-corrected chi connectivity index (χ4v) is 5.90. The van der Waals surface area contributed by atoms with Gasteiger partial charge < -0.3 is 14.8 Å². The first-order chi connectivity index (χ1) is 12.3. The fraction of sp³-hybridized carbons (Fsp3) is 0.556. The molecule has 1 fully saturated rings. The molecule has 8 heteroatoms. The fourth-order valence-electron chi connectivity index (χ4n) is 3.61. The van der Waals surface area contributed by atoms with Crippen LogP contribution in [0.2, 0.25) is 0 Å². The third kappa shape index (κ3) is 3.70. The zero-order chi connectivity index (χ0) is 19.5. The third-order valence-electron chi connectivity index (χ3n) is 4.76. The van der Waals surface area contributed by atoms with E-state index in [0.717, 1.165) is 0 Å². The molecule has 1 aromatic rings. The van der Waals surface area contributed by atoms with Gasteiger partial charge in [0.2, 0.25) is 0 Å². The van der Waals surface area contributed by atoms with Gasteiger partial charge in [-0.15, -0.1) is 0 Å². The Balaban J connectivity index is 2.64. The lowest BCUT2D eigenvalue weighted by molar-refractivity contribution is -0.141. The summed E-state index contributed by atoms with van der Waals surface area (Å²) in [6, 6.07) is 7.87. The monoisotopic (exact) mass is 382 g/mol. The molecule has 1 aromatic carbocycles. The van der Waals surface area contributed by atoms with Crippen molar-refractivity contribution in [2.75, 3.05) is 14.2 Å². The van der Waals surface area contributed by atoms with E-state index in [1.54, 1.807) is 37.3 Å². The Morgan fingerprint density at radius 2 is 1.92 bits per heavy atom. The number of esters is 1. The van der Waals surface area contributed by atoms with E-state index in [0.29, 0.717) is 4.90 Å². The Bertz CT molecular complexity index is 771. The lowest BCUT2D eigenvalue weighted by Crippen LogP contribution is -2.62. The standard InChI is InChI=1S/C18H26N2O5S/c1-11(2)14-12(3)25-18(22)20-15(14)16(17(21)24-5)26(23,19-4)13-9-7-6-8-10-13/h6-12,14-16H,1-5H3,(H,20,22)/t12-,14-,15-,16-,26?/m0/s1. The van der Waals surface area contributed by atoms with Crippen LogP contribution in [-0.2, 0) is 24.0 Å². The molecule has 0 bridgehead atoms. The number of nitrogens with one attached hydrogen (secondary N) is 1. The predicted octanol–water partition coefficient (Wildman–Crippen LogP) is 2.45. The molecule has 144 valence electrons. The Kier molecular flexibility index (Phi) is 6.28. The Labute approximate surface area is 154 Å². The van der Waals surface area contributed by atoms with Gasteiger partial charge in [-0.2, -0.15) is 0 Å². The van der Waals surface area contributed by atoms with Crippen molar-refractivity contribution in [1.29, 1.82) is 0 Å². The number of methoxy groups -OCH3 is 1. The molecule has 26 heavy (non-hydrogen) atoms. The normalized spacial score (nSPS) is 26.2. The highest BCUT2D eigenvalue weighted by Gasteiger charge is 2.49. The van der Waals surface area contributed by atoms with Crippen LogP contribution in [0.4, 0.5) is 4.79 Å². The van der Waals surface area contributed by atoms with Gasteiger partial charge in [0, 0.05) is 17.9 Å². The highest BCUT2D eigenvalue weighted by atomic mass is 32.2. The Hall–Kier alpha value is -2.09. The van der Waals surface area contributed by atoms with E-state index in [1.807, 2.05) is 13.8 Å². The van der Waals surface area contributed by atoms with Gasteiger partial charge in [-0.3, -0.25) is 4.79 Å². The lowest BCUT2D eigenvalue weighted by atomic mass is 9.81. The van der Waals surface area contributed by atoms with Crippen LogP contribution < -0.4 is 5.32 Å². The molecule has 1 heterocycles. The summed E-state index contributed by atoms with van der Waals surface area (Å²) in [5.41, 5.74) is 0. The smallest absolute Gasteiger partial charge is 0.407 e. The van der Waals surface area contributed by atoms with Crippen molar-refractivity contribution >= 4 is 21.8 Å². The van der Waals surface area contributed by atoms with Crippen LogP contribution in [0.15, 0.2) is 39.6 Å². The second-order valence-electron chi connectivity index (χ2n) is 6.61. The van der Waals surface area contributed by atoms with Gasteiger partial charge in [-0.1, -0.05) is 32.0 Å². The number of hydrogen-bond acceptors (Lipinski definition) is 6. The Morgan fingerprint density at radius 3 is 2.42 bits per heavy atom. The average molecular weight is 382 g/mol. The second kappa shape index (κ2) is 8.07. The molecule has 7 nitrogen and oxygen atoms in total. The van der Waals surface area contributed by atoms with Gasteiger partial charge in [-0.05, 0) is 25.0 Å². The minimum Gasteiger partial charge on any atom is -0.468 e. The highest BCUT2D eigenvalue weighted by Crippen LogP contribution is 2.33. The summed E-state index contributed by atoms with van der Waals surface area (Å²) >= 11 is 0. The summed E-state index contributed by atoms with van der Waals surface area (Å²) in [5, 5.41) is 1.55. The van der Waals surface area contributed by atoms with Gasteiger partial charge >= 0.3 is 12.1 Å². The minimum atomic E-state index is -3.19. The van der Waals surface area contributed by atoms with Crippen molar-refractivity contribution in [3.05, 3.63) is 30.3 Å². The van der Waals surface area contributed by atoms with Gasteiger partial charge in [0.1, 0.15) is 6.10 Å². The molecule has 1 unspecified atom stereocenters. The SMILES string of the molecule is CN=S(=O)(c1ccccc1)[C@H](C(=O)OC)[C@H]1NC(=O)O[C@@H](C)[C@@H]1C(C)C. The first kappa shape index (κ1) is 20.2. The first-order valence-corrected chi connectivity index (χ1v) is 10.1. The van der Waals surface area contributed by atoms with Crippen molar-refractivity contribution in [2.24, 2.45) is 16.2 Å². The van der Waals surface area contributed by atoms with Crippen molar-refractivity contribution in [2.45, 2.75) is 43.1 Å². The number of benzene rings is 1. The minimum absolute atomic E-state index is 0.0686. The molecular weight excluding hydrogens is 356 g/mol. The first-order valence-electron chi connectivity index (χ1n) is 8.50. The van der Waals surface area contributed by atoms with Gasteiger partial charge in [0.05, 0.1) is 22.9 Å². The topological polar surface area (TPSA) is 94.1 Å². The van der Waals surface area contributed by atoms with Crippen molar-refractivity contribution < 1.29 is 23.3 Å². The molecular formula is C18H26N2O5S. The third-order valence-corrected chi connectivity index (χ3v) is 7.42. The molecule has 2 rings (SSSR count).